The van der Waals surface area contributed by atoms with Gasteiger partial charge in [0.25, 0.3) is 5.91 Å². The van der Waals surface area contributed by atoms with Crippen LogP contribution in [-0.4, -0.2) is 57.2 Å². The van der Waals surface area contributed by atoms with Gasteiger partial charge in [-0.1, -0.05) is 12.1 Å². The van der Waals surface area contributed by atoms with Gasteiger partial charge in [-0.15, -0.1) is 22.7 Å². The van der Waals surface area contributed by atoms with E-state index in [0.29, 0.717) is 26.5 Å². The molecule has 3 aliphatic rings. The van der Waals surface area contributed by atoms with Crippen LogP contribution in [0, 0.1) is 5.92 Å². The molecule has 2 bridgehead atoms. The number of carbonyl (C=O) groups excluding carboxylic acids is 2. The number of aliphatic hydroxyl groups is 1. The van der Waals surface area contributed by atoms with Gasteiger partial charge in [-0.25, -0.2) is 4.79 Å². The van der Waals surface area contributed by atoms with Gasteiger partial charge in [0.15, 0.2) is 6.10 Å². The van der Waals surface area contributed by atoms with Crippen molar-refractivity contribution in [2.24, 2.45) is 11.7 Å². The van der Waals surface area contributed by atoms with Crippen LogP contribution in [-0.2, 0) is 19.9 Å². The van der Waals surface area contributed by atoms with Crippen molar-refractivity contribution >= 4 is 34.6 Å². The number of thiophene rings is 2. The van der Waals surface area contributed by atoms with E-state index in [9.17, 15) is 14.7 Å². The molecule has 3 aromatic heterocycles. The zero-order valence-electron chi connectivity index (χ0n) is 17.9. The number of quaternary nitrogens is 1. The summed E-state index contributed by atoms with van der Waals surface area (Å²) in [5, 5.41) is 15.2. The van der Waals surface area contributed by atoms with Gasteiger partial charge >= 0.3 is 5.97 Å². The number of fused-ring (bicyclic) bond motifs is 3. The lowest BCUT2D eigenvalue weighted by molar-refractivity contribution is -0.965. The molecule has 0 aliphatic carbocycles. The van der Waals surface area contributed by atoms with Crippen LogP contribution in [0.15, 0.2) is 53.6 Å². The highest BCUT2D eigenvalue weighted by Crippen LogP contribution is 2.43. The molecule has 3 aliphatic heterocycles. The molecule has 3 fully saturated rings. The Morgan fingerprint density at radius 3 is 2.33 bits per heavy atom. The molecule has 0 radical (unpaired) electrons. The van der Waals surface area contributed by atoms with E-state index in [2.05, 4.69) is 9.97 Å². The van der Waals surface area contributed by atoms with Gasteiger partial charge in [0, 0.05) is 31.2 Å². The second kappa shape index (κ2) is 8.60. The Kier molecular flexibility index (Phi) is 5.77. The molecular weight excluding hydrogens is 460 g/mol. The number of amides is 1. The maximum atomic E-state index is 13.5. The van der Waals surface area contributed by atoms with Crippen LogP contribution in [0.25, 0.3) is 0 Å². The number of hydrogen-bond donors (Lipinski definition) is 2. The highest BCUT2D eigenvalue weighted by atomic mass is 32.1. The van der Waals surface area contributed by atoms with Gasteiger partial charge in [0.1, 0.15) is 12.2 Å². The molecule has 3 N–H and O–H groups in total. The predicted octanol–water partition coefficient (Wildman–Crippen LogP) is 2.21. The lowest BCUT2D eigenvalue weighted by Gasteiger charge is -2.54. The quantitative estimate of drug-likeness (QED) is 0.392. The van der Waals surface area contributed by atoms with Crippen molar-refractivity contribution in [1.29, 1.82) is 0 Å². The molecule has 2 atom stereocenters. The van der Waals surface area contributed by atoms with E-state index >= 15 is 0 Å². The number of nitrogens with two attached hydrogens (primary N) is 1. The third kappa shape index (κ3) is 3.76. The maximum Gasteiger partial charge on any atom is 0.349 e. The zero-order valence-corrected chi connectivity index (χ0v) is 19.5. The minimum Gasteiger partial charge on any atom is -0.453 e. The molecule has 6 rings (SSSR count). The molecule has 33 heavy (non-hydrogen) atoms. The number of nitrogens with zero attached hydrogens (tertiary/aromatic N) is 3. The second-order valence-corrected chi connectivity index (χ2v) is 10.6. The van der Waals surface area contributed by atoms with Crippen LogP contribution in [0.1, 0.15) is 34.3 Å². The molecule has 3 aromatic rings. The fraction of sp³-hybridized carbons (Fsp3) is 0.391. The summed E-state index contributed by atoms with van der Waals surface area (Å²) in [6.07, 6.45) is 5.88. The first-order valence-electron chi connectivity index (χ1n) is 10.9. The molecule has 10 heteroatoms. The smallest absolute Gasteiger partial charge is 0.349 e. The van der Waals surface area contributed by atoms with Crippen molar-refractivity contribution in [1.82, 2.24) is 9.97 Å². The summed E-state index contributed by atoms with van der Waals surface area (Å²) in [4.78, 5) is 35.6. The van der Waals surface area contributed by atoms with E-state index in [1.54, 1.807) is 42.9 Å². The van der Waals surface area contributed by atoms with Gasteiger partial charge in [-0.3, -0.25) is 14.8 Å². The third-order valence-electron chi connectivity index (χ3n) is 6.95. The number of piperidine rings is 3. The number of esters is 1. The Labute approximate surface area is 199 Å². The molecule has 1 amide bonds. The lowest BCUT2D eigenvalue weighted by Crippen LogP contribution is -2.67. The van der Waals surface area contributed by atoms with E-state index in [1.165, 1.54) is 22.7 Å². The number of hydrogen-bond acceptors (Lipinski definition) is 8. The first-order valence-corrected chi connectivity index (χ1v) is 12.6. The average Bonchev–Trinajstić information content (AvgIpc) is 3.55. The number of ether oxygens (including phenoxy) is 1. The Balaban J connectivity index is 1.44. The molecule has 172 valence electrons. The summed E-state index contributed by atoms with van der Waals surface area (Å²) in [7, 11) is 0. The minimum atomic E-state index is -1.85. The van der Waals surface area contributed by atoms with Crippen molar-refractivity contribution in [2.75, 3.05) is 19.6 Å². The first kappa shape index (κ1) is 22.1. The van der Waals surface area contributed by atoms with E-state index in [4.69, 9.17) is 10.5 Å². The van der Waals surface area contributed by atoms with Gasteiger partial charge in [0.2, 0.25) is 11.6 Å². The van der Waals surface area contributed by atoms with Crippen LogP contribution in [0.3, 0.4) is 0 Å². The van der Waals surface area contributed by atoms with Crippen molar-refractivity contribution in [3.63, 3.8) is 0 Å². The second-order valence-electron chi connectivity index (χ2n) is 8.73. The van der Waals surface area contributed by atoms with E-state index < -0.39 is 29.6 Å². The fourth-order valence-corrected chi connectivity index (χ4v) is 7.04. The van der Waals surface area contributed by atoms with E-state index in [-0.39, 0.29) is 5.92 Å². The van der Waals surface area contributed by atoms with Crippen LogP contribution < -0.4 is 5.73 Å². The first-order chi connectivity index (χ1) is 15.9. The standard InChI is InChI=1S/C23H24N4O4S2/c24-21(28)20(16-13-25-7-8-26-16)27-9-5-15(6-10-27)17(14-27)31-22(29)23(30,18-3-1-11-32-18)19-4-2-12-33-19/h1-4,7-8,11-13,15,17,20,30H,5-6,9-10,14H2,(H-,24,28)/p+1/t15?,17-,20?,27?/m0/s1. The molecule has 0 saturated carbocycles. The molecule has 8 nitrogen and oxygen atoms in total. The predicted molar refractivity (Wildman–Crippen MR) is 123 cm³/mol. The Morgan fingerprint density at radius 2 is 1.82 bits per heavy atom. The monoisotopic (exact) mass is 485 g/mol. The van der Waals surface area contributed by atoms with Crippen LogP contribution in [0.2, 0.25) is 0 Å². The Hall–Kier alpha value is -2.66. The minimum absolute atomic E-state index is 0.181. The molecule has 0 aromatic carbocycles. The van der Waals surface area contributed by atoms with Gasteiger partial charge in [-0.2, -0.15) is 0 Å². The summed E-state index contributed by atoms with van der Waals surface area (Å²) in [5.41, 5.74) is 4.53. The highest BCUT2D eigenvalue weighted by Gasteiger charge is 2.55. The number of aromatic nitrogens is 2. The largest absolute Gasteiger partial charge is 0.453 e. The number of rotatable bonds is 7. The summed E-state index contributed by atoms with van der Waals surface area (Å²) in [6.45, 7) is 1.96. The summed E-state index contributed by atoms with van der Waals surface area (Å²) < 4.78 is 6.44. The molecular formula is C23H25N4O4S2+. The van der Waals surface area contributed by atoms with Gasteiger partial charge < -0.3 is 20.1 Å². The summed E-state index contributed by atoms with van der Waals surface area (Å²) in [5.74, 6) is -0.964. The molecule has 0 spiro atoms. The van der Waals surface area contributed by atoms with Crippen molar-refractivity contribution in [3.05, 3.63) is 69.1 Å². The number of carbonyl (C=O) groups is 2. The Morgan fingerprint density at radius 1 is 1.15 bits per heavy atom. The topological polar surface area (TPSA) is 115 Å². The third-order valence-corrected chi connectivity index (χ3v) is 8.91. The van der Waals surface area contributed by atoms with Crippen molar-refractivity contribution < 1.29 is 23.9 Å². The maximum absolute atomic E-state index is 13.5. The van der Waals surface area contributed by atoms with E-state index in [0.717, 1.165) is 25.9 Å². The molecule has 3 saturated heterocycles. The number of primary amides is 1. The molecule has 6 heterocycles. The zero-order chi connectivity index (χ0) is 23.1. The fourth-order valence-electron chi connectivity index (χ4n) is 5.32. The van der Waals surface area contributed by atoms with Crippen LogP contribution >= 0.6 is 22.7 Å². The van der Waals surface area contributed by atoms with Crippen molar-refractivity contribution in [2.45, 2.75) is 30.6 Å². The average molecular weight is 486 g/mol. The Bertz CT molecular complexity index is 1080. The van der Waals surface area contributed by atoms with Crippen LogP contribution in [0.4, 0.5) is 0 Å². The SMILES string of the molecule is NC(=O)C(c1cnccn1)[N+]12CCC(CC1)[C@@H](OC(=O)C(O)(c1cccs1)c1cccs1)C2. The lowest BCUT2D eigenvalue weighted by atomic mass is 9.81. The van der Waals surface area contributed by atoms with Gasteiger partial charge in [-0.05, 0) is 22.9 Å². The van der Waals surface area contributed by atoms with Crippen LogP contribution in [0.5, 0.6) is 0 Å². The summed E-state index contributed by atoms with van der Waals surface area (Å²) >= 11 is 2.63. The van der Waals surface area contributed by atoms with E-state index in [1.807, 2.05) is 10.8 Å². The highest BCUT2D eigenvalue weighted by molar-refractivity contribution is 7.12. The summed E-state index contributed by atoms with van der Waals surface area (Å²) in [6, 6.07) is 6.44. The van der Waals surface area contributed by atoms with Gasteiger partial charge in [0.05, 0.1) is 29.0 Å². The molecule has 1 unspecified atom stereocenters. The van der Waals surface area contributed by atoms with Crippen molar-refractivity contribution in [3.8, 4) is 0 Å². The normalized spacial score (nSPS) is 25.5.